The van der Waals surface area contributed by atoms with Gasteiger partial charge in [0.2, 0.25) is 15.9 Å². The molecule has 2 amide bonds. The zero-order valence-electron chi connectivity index (χ0n) is 19.4. The molecular formula is C22H25N5O8S. The van der Waals surface area contributed by atoms with E-state index in [-0.39, 0.29) is 30.5 Å². The van der Waals surface area contributed by atoms with Gasteiger partial charge in [-0.3, -0.25) is 29.8 Å². The Hall–Kier alpha value is -3.91. The fourth-order valence-electron chi connectivity index (χ4n) is 3.88. The number of nitro benzene ring substituents is 2. The third kappa shape index (κ3) is 6.40. The van der Waals surface area contributed by atoms with Crippen LogP contribution in [0.5, 0.6) is 0 Å². The lowest BCUT2D eigenvalue weighted by molar-refractivity contribution is -0.395. The van der Waals surface area contributed by atoms with Crippen LogP contribution in [0.4, 0.5) is 17.1 Å². The van der Waals surface area contributed by atoms with E-state index >= 15 is 0 Å². The van der Waals surface area contributed by atoms with Crippen molar-refractivity contribution < 1.29 is 27.9 Å². The van der Waals surface area contributed by atoms with Gasteiger partial charge in [-0.05, 0) is 44.0 Å². The van der Waals surface area contributed by atoms with Crippen molar-refractivity contribution in [3.05, 3.63) is 67.8 Å². The Morgan fingerprint density at radius 3 is 2.06 bits per heavy atom. The molecule has 13 nitrogen and oxygen atoms in total. The fraction of sp³-hybridized carbons (Fsp3) is 0.364. The number of amides is 2. The van der Waals surface area contributed by atoms with E-state index in [4.69, 9.17) is 0 Å². The highest BCUT2D eigenvalue weighted by Gasteiger charge is 2.28. The van der Waals surface area contributed by atoms with Crippen molar-refractivity contribution in [2.75, 3.05) is 18.4 Å². The van der Waals surface area contributed by atoms with Crippen LogP contribution in [0.2, 0.25) is 0 Å². The molecule has 3 N–H and O–H groups in total. The predicted octanol–water partition coefficient (Wildman–Crippen LogP) is 2.65. The quantitative estimate of drug-likeness (QED) is 0.242. The molecule has 2 aromatic carbocycles. The molecule has 0 heterocycles. The summed E-state index contributed by atoms with van der Waals surface area (Å²) in [4.78, 5) is 44.5. The molecule has 0 radical (unpaired) electrons. The maximum absolute atomic E-state index is 12.5. The van der Waals surface area contributed by atoms with Gasteiger partial charge in [0.05, 0.1) is 14.7 Å². The van der Waals surface area contributed by atoms with Crippen molar-refractivity contribution in [1.82, 2.24) is 10.0 Å². The van der Waals surface area contributed by atoms with E-state index in [1.807, 2.05) is 0 Å². The predicted molar refractivity (Wildman–Crippen MR) is 129 cm³/mol. The standard InChI is InChI=1S/C22H25N5O8S/c1-14-19(26(30)31)12-18(13-20(14)27(32)33)36(34,35)24-11-10-23-21(28)16-6-8-17(9-7-16)25-22(29)15-4-2-3-5-15/h6-9,12-13,15,24H,2-5,10-11H2,1H3,(H,23,28)(H,25,29). The van der Waals surface area contributed by atoms with Gasteiger partial charge in [0.15, 0.2) is 0 Å². The van der Waals surface area contributed by atoms with Crippen LogP contribution >= 0.6 is 0 Å². The van der Waals surface area contributed by atoms with Gasteiger partial charge in [-0.2, -0.15) is 0 Å². The summed E-state index contributed by atoms with van der Waals surface area (Å²) in [6.45, 7) is 0.777. The van der Waals surface area contributed by atoms with Gasteiger partial charge in [-0.15, -0.1) is 0 Å². The van der Waals surface area contributed by atoms with E-state index in [9.17, 15) is 38.2 Å². The molecule has 192 valence electrons. The minimum absolute atomic E-state index is 0.00828. The minimum atomic E-state index is -4.33. The Morgan fingerprint density at radius 2 is 1.53 bits per heavy atom. The van der Waals surface area contributed by atoms with Gasteiger partial charge >= 0.3 is 0 Å². The van der Waals surface area contributed by atoms with E-state index < -0.39 is 42.0 Å². The first-order valence-corrected chi connectivity index (χ1v) is 12.6. The van der Waals surface area contributed by atoms with Crippen molar-refractivity contribution in [2.24, 2.45) is 5.92 Å². The lowest BCUT2D eigenvalue weighted by atomic mass is 10.1. The van der Waals surface area contributed by atoms with E-state index in [0.29, 0.717) is 11.3 Å². The molecule has 0 atom stereocenters. The molecule has 1 aliphatic carbocycles. The third-order valence-electron chi connectivity index (χ3n) is 5.87. The van der Waals surface area contributed by atoms with Crippen LogP contribution in [-0.4, -0.2) is 43.2 Å². The number of rotatable bonds is 10. The molecule has 1 saturated carbocycles. The number of nitrogens with zero attached hydrogens (tertiary/aromatic N) is 2. The lowest BCUT2D eigenvalue weighted by Crippen LogP contribution is -2.34. The van der Waals surface area contributed by atoms with Gasteiger partial charge in [-0.1, -0.05) is 12.8 Å². The average Bonchev–Trinajstić information content (AvgIpc) is 3.37. The smallest absolute Gasteiger partial charge is 0.280 e. The summed E-state index contributed by atoms with van der Waals surface area (Å²) in [6.07, 6.45) is 3.82. The Balaban J connectivity index is 1.55. The van der Waals surface area contributed by atoms with Crippen molar-refractivity contribution in [3.63, 3.8) is 0 Å². The van der Waals surface area contributed by atoms with Crippen molar-refractivity contribution in [3.8, 4) is 0 Å². The zero-order chi connectivity index (χ0) is 26.5. The second-order valence-corrected chi connectivity index (χ2v) is 10.1. The van der Waals surface area contributed by atoms with Crippen LogP contribution in [0.3, 0.4) is 0 Å². The summed E-state index contributed by atoms with van der Waals surface area (Å²) in [6, 6.07) is 7.73. The SMILES string of the molecule is Cc1c([N+](=O)[O-])cc(S(=O)(=O)NCCNC(=O)c2ccc(NC(=O)C3CCCC3)cc2)cc1[N+](=O)[O-]. The van der Waals surface area contributed by atoms with Crippen molar-refractivity contribution in [1.29, 1.82) is 0 Å². The first-order chi connectivity index (χ1) is 17.0. The highest BCUT2D eigenvalue weighted by atomic mass is 32.2. The van der Waals surface area contributed by atoms with Gasteiger partial charge in [0.25, 0.3) is 17.3 Å². The van der Waals surface area contributed by atoms with Gasteiger partial charge in [0.1, 0.15) is 5.56 Å². The maximum atomic E-state index is 12.5. The largest absolute Gasteiger partial charge is 0.351 e. The first kappa shape index (κ1) is 26.7. The summed E-state index contributed by atoms with van der Waals surface area (Å²) in [7, 11) is -4.33. The average molecular weight is 520 g/mol. The maximum Gasteiger partial charge on any atom is 0.280 e. The number of benzene rings is 2. The molecule has 1 fully saturated rings. The lowest BCUT2D eigenvalue weighted by Gasteiger charge is -2.11. The van der Waals surface area contributed by atoms with E-state index in [2.05, 4.69) is 15.4 Å². The van der Waals surface area contributed by atoms with Gasteiger partial charge in [-0.25, -0.2) is 13.1 Å². The van der Waals surface area contributed by atoms with Crippen LogP contribution < -0.4 is 15.4 Å². The second-order valence-electron chi connectivity index (χ2n) is 8.30. The number of carbonyl (C=O) groups is 2. The normalized spacial score (nSPS) is 13.8. The number of hydrogen-bond acceptors (Lipinski definition) is 8. The molecule has 0 bridgehead atoms. The van der Waals surface area contributed by atoms with Crippen LogP contribution in [0.1, 0.15) is 41.6 Å². The van der Waals surface area contributed by atoms with Gasteiger partial charge in [0, 0.05) is 42.4 Å². The molecule has 0 spiro atoms. The van der Waals surface area contributed by atoms with Crippen LogP contribution in [0.25, 0.3) is 0 Å². The van der Waals surface area contributed by atoms with Gasteiger partial charge < -0.3 is 10.6 Å². The molecule has 36 heavy (non-hydrogen) atoms. The molecule has 1 aliphatic rings. The Kier molecular flexibility index (Phi) is 8.32. The highest BCUT2D eigenvalue weighted by Crippen LogP contribution is 2.31. The number of anilines is 1. The molecule has 3 rings (SSSR count). The number of nitrogens with one attached hydrogen (secondary N) is 3. The van der Waals surface area contributed by atoms with E-state index in [1.54, 1.807) is 12.1 Å². The van der Waals surface area contributed by atoms with Crippen LogP contribution in [0, 0.1) is 33.1 Å². The monoisotopic (exact) mass is 519 g/mol. The first-order valence-electron chi connectivity index (χ1n) is 11.1. The molecular weight excluding hydrogens is 494 g/mol. The van der Waals surface area contributed by atoms with Crippen molar-refractivity contribution >= 4 is 38.9 Å². The number of nitro groups is 2. The topological polar surface area (TPSA) is 191 Å². The summed E-state index contributed by atoms with van der Waals surface area (Å²) in [5.74, 6) is -0.514. The molecule has 0 unspecified atom stereocenters. The molecule has 2 aromatic rings. The van der Waals surface area contributed by atoms with Crippen molar-refractivity contribution in [2.45, 2.75) is 37.5 Å². The third-order valence-corrected chi connectivity index (χ3v) is 7.31. The Labute approximate surface area is 206 Å². The summed E-state index contributed by atoms with van der Waals surface area (Å²) in [5.41, 5.74) is -0.791. The molecule has 14 heteroatoms. The van der Waals surface area contributed by atoms with E-state index in [0.717, 1.165) is 44.7 Å². The molecule has 0 aliphatic heterocycles. The van der Waals surface area contributed by atoms with Crippen LogP contribution in [-0.2, 0) is 14.8 Å². The number of carbonyl (C=O) groups excluding carboxylic acids is 2. The second kappa shape index (κ2) is 11.2. The molecule has 0 saturated heterocycles. The van der Waals surface area contributed by atoms with E-state index in [1.165, 1.54) is 12.1 Å². The number of hydrogen-bond donors (Lipinski definition) is 3. The summed E-state index contributed by atoms with van der Waals surface area (Å²) >= 11 is 0. The summed E-state index contributed by atoms with van der Waals surface area (Å²) in [5, 5.41) is 27.7. The Morgan fingerprint density at radius 1 is 0.972 bits per heavy atom. The zero-order valence-corrected chi connectivity index (χ0v) is 20.2. The van der Waals surface area contributed by atoms with Crippen LogP contribution in [0.15, 0.2) is 41.3 Å². The fourth-order valence-corrected chi connectivity index (χ4v) is 4.95. The molecule has 0 aromatic heterocycles. The number of sulfonamides is 1. The summed E-state index contributed by atoms with van der Waals surface area (Å²) < 4.78 is 27.2. The Bertz CT molecular complexity index is 1250. The highest BCUT2D eigenvalue weighted by molar-refractivity contribution is 7.89. The minimum Gasteiger partial charge on any atom is -0.351 e.